The van der Waals surface area contributed by atoms with E-state index in [-0.39, 0.29) is 6.10 Å². The average Bonchev–Trinajstić information content (AvgIpc) is 3.10. The summed E-state index contributed by atoms with van der Waals surface area (Å²) < 4.78 is 11.0. The van der Waals surface area contributed by atoms with E-state index in [2.05, 4.69) is 20.6 Å². The summed E-state index contributed by atoms with van der Waals surface area (Å²) in [6, 6.07) is 5.53. The van der Waals surface area contributed by atoms with E-state index in [0.717, 1.165) is 30.7 Å². The summed E-state index contributed by atoms with van der Waals surface area (Å²) in [6.45, 7) is 3.50. The molecule has 2 aromatic rings. The van der Waals surface area contributed by atoms with Gasteiger partial charge in [-0.25, -0.2) is 4.98 Å². The van der Waals surface area contributed by atoms with Crippen LogP contribution in [-0.4, -0.2) is 36.3 Å². The molecule has 3 rings (SSSR count). The number of methoxy groups -OCH3 is 1. The zero-order chi connectivity index (χ0) is 16.9. The van der Waals surface area contributed by atoms with Crippen molar-refractivity contribution in [3.8, 4) is 5.75 Å². The summed E-state index contributed by atoms with van der Waals surface area (Å²) in [5.41, 5.74) is 1.77. The molecule has 2 N–H and O–H groups in total. The molecule has 1 saturated heterocycles. The molecular weight excluding hydrogens is 328 g/mol. The predicted octanol–water partition coefficient (Wildman–Crippen LogP) is 3.78. The van der Waals surface area contributed by atoms with Crippen molar-refractivity contribution in [1.82, 2.24) is 9.97 Å². The van der Waals surface area contributed by atoms with Crippen LogP contribution in [0.25, 0.3) is 0 Å². The fraction of sp³-hybridized carbons (Fsp3) is 0.412. The van der Waals surface area contributed by atoms with Gasteiger partial charge in [0, 0.05) is 30.4 Å². The van der Waals surface area contributed by atoms with Crippen molar-refractivity contribution in [2.45, 2.75) is 25.9 Å². The molecule has 128 valence electrons. The second-order valence-electron chi connectivity index (χ2n) is 5.71. The molecule has 0 aliphatic carbocycles. The molecule has 1 aromatic heterocycles. The van der Waals surface area contributed by atoms with Crippen LogP contribution >= 0.6 is 11.6 Å². The number of aromatic nitrogens is 2. The van der Waals surface area contributed by atoms with Crippen molar-refractivity contribution >= 4 is 29.1 Å². The average molecular weight is 349 g/mol. The first-order valence-corrected chi connectivity index (χ1v) is 8.33. The topological polar surface area (TPSA) is 68.3 Å². The molecule has 0 amide bonds. The van der Waals surface area contributed by atoms with Crippen molar-refractivity contribution in [2.24, 2.45) is 0 Å². The monoisotopic (exact) mass is 348 g/mol. The molecule has 1 fully saturated rings. The molecule has 1 aliphatic heterocycles. The summed E-state index contributed by atoms with van der Waals surface area (Å²) in [7, 11) is 1.61. The standard InChI is InChI=1S/C17H21ClN4O2/c1-11-8-14(15(23-2)9-13(11)18)21-16-5-6-19-17(22-16)20-10-12-4-3-7-24-12/h5-6,8-9,12H,3-4,7,10H2,1-2H3,(H2,19,20,21,22). The minimum Gasteiger partial charge on any atom is -0.495 e. The van der Waals surface area contributed by atoms with Gasteiger partial charge in [0.2, 0.25) is 5.95 Å². The molecule has 0 bridgehead atoms. The minimum atomic E-state index is 0.240. The van der Waals surface area contributed by atoms with Gasteiger partial charge in [-0.3, -0.25) is 0 Å². The third kappa shape index (κ3) is 4.07. The van der Waals surface area contributed by atoms with Crippen molar-refractivity contribution in [1.29, 1.82) is 0 Å². The highest BCUT2D eigenvalue weighted by atomic mass is 35.5. The summed E-state index contributed by atoms with van der Waals surface area (Å²) in [4.78, 5) is 8.73. The largest absolute Gasteiger partial charge is 0.495 e. The van der Waals surface area contributed by atoms with Gasteiger partial charge in [-0.15, -0.1) is 0 Å². The van der Waals surface area contributed by atoms with E-state index in [1.54, 1.807) is 25.4 Å². The number of hydrogen-bond acceptors (Lipinski definition) is 6. The molecule has 0 radical (unpaired) electrons. The van der Waals surface area contributed by atoms with Crippen LogP contribution in [0.1, 0.15) is 18.4 Å². The van der Waals surface area contributed by atoms with Crippen molar-refractivity contribution in [2.75, 3.05) is 30.9 Å². The Morgan fingerprint density at radius 2 is 2.29 bits per heavy atom. The number of nitrogens with one attached hydrogen (secondary N) is 2. The highest BCUT2D eigenvalue weighted by molar-refractivity contribution is 6.31. The van der Waals surface area contributed by atoms with Crippen LogP contribution in [0.5, 0.6) is 5.75 Å². The maximum absolute atomic E-state index is 6.14. The molecule has 0 saturated carbocycles. The zero-order valence-corrected chi connectivity index (χ0v) is 14.6. The Kier molecular flexibility index (Phi) is 5.37. The van der Waals surface area contributed by atoms with Gasteiger partial charge < -0.3 is 20.1 Å². The van der Waals surface area contributed by atoms with Gasteiger partial charge in [0.25, 0.3) is 0 Å². The summed E-state index contributed by atoms with van der Waals surface area (Å²) in [5, 5.41) is 7.14. The maximum Gasteiger partial charge on any atom is 0.224 e. The van der Waals surface area contributed by atoms with E-state index in [4.69, 9.17) is 21.1 Å². The number of hydrogen-bond donors (Lipinski definition) is 2. The van der Waals surface area contributed by atoms with Crippen molar-refractivity contribution < 1.29 is 9.47 Å². The van der Waals surface area contributed by atoms with Gasteiger partial charge in [0.1, 0.15) is 11.6 Å². The lowest BCUT2D eigenvalue weighted by Gasteiger charge is -2.14. The lowest BCUT2D eigenvalue weighted by atomic mass is 10.2. The highest BCUT2D eigenvalue weighted by Gasteiger charge is 2.15. The number of ether oxygens (including phenoxy) is 2. The SMILES string of the molecule is COc1cc(Cl)c(C)cc1Nc1ccnc(NCC2CCCO2)n1. The Balaban J connectivity index is 1.71. The summed E-state index contributed by atoms with van der Waals surface area (Å²) in [5.74, 6) is 1.91. The first kappa shape index (κ1) is 16.8. The van der Waals surface area contributed by atoms with E-state index < -0.39 is 0 Å². The van der Waals surface area contributed by atoms with Crippen LogP contribution in [0.2, 0.25) is 5.02 Å². The van der Waals surface area contributed by atoms with E-state index >= 15 is 0 Å². The molecule has 2 heterocycles. The Morgan fingerprint density at radius 3 is 3.04 bits per heavy atom. The van der Waals surface area contributed by atoms with Gasteiger partial charge in [0.15, 0.2) is 0 Å². The van der Waals surface area contributed by atoms with E-state index in [9.17, 15) is 0 Å². The fourth-order valence-electron chi connectivity index (χ4n) is 2.59. The van der Waals surface area contributed by atoms with E-state index in [1.807, 2.05) is 13.0 Å². The second-order valence-corrected chi connectivity index (χ2v) is 6.12. The van der Waals surface area contributed by atoms with Crippen LogP contribution in [0, 0.1) is 6.92 Å². The minimum absolute atomic E-state index is 0.240. The van der Waals surface area contributed by atoms with E-state index in [1.165, 1.54) is 0 Å². The van der Waals surface area contributed by atoms with Gasteiger partial charge in [-0.2, -0.15) is 4.98 Å². The van der Waals surface area contributed by atoms with Crippen LogP contribution in [0.4, 0.5) is 17.5 Å². The normalized spacial score (nSPS) is 16.9. The van der Waals surface area contributed by atoms with Crippen LogP contribution < -0.4 is 15.4 Å². The number of rotatable bonds is 6. The number of anilines is 3. The summed E-state index contributed by atoms with van der Waals surface area (Å²) >= 11 is 6.14. The molecule has 1 aromatic carbocycles. The fourth-order valence-corrected chi connectivity index (χ4v) is 2.75. The van der Waals surface area contributed by atoms with Crippen molar-refractivity contribution in [3.63, 3.8) is 0 Å². The van der Waals surface area contributed by atoms with E-state index in [0.29, 0.717) is 29.1 Å². The molecule has 0 spiro atoms. The number of nitrogens with zero attached hydrogens (tertiary/aromatic N) is 2. The third-order valence-electron chi connectivity index (χ3n) is 3.91. The Bertz CT molecular complexity index is 705. The Hall–Kier alpha value is -2.05. The Morgan fingerprint density at radius 1 is 1.42 bits per heavy atom. The second kappa shape index (κ2) is 7.68. The lowest BCUT2D eigenvalue weighted by Crippen LogP contribution is -2.19. The number of aryl methyl sites for hydroxylation is 1. The van der Waals surface area contributed by atoms with Crippen LogP contribution in [0.15, 0.2) is 24.4 Å². The molecule has 24 heavy (non-hydrogen) atoms. The molecule has 6 nitrogen and oxygen atoms in total. The smallest absolute Gasteiger partial charge is 0.224 e. The molecule has 1 aliphatic rings. The van der Waals surface area contributed by atoms with Crippen molar-refractivity contribution in [3.05, 3.63) is 35.0 Å². The zero-order valence-electron chi connectivity index (χ0n) is 13.8. The molecule has 1 atom stereocenters. The third-order valence-corrected chi connectivity index (χ3v) is 4.32. The predicted molar refractivity (Wildman–Crippen MR) is 95.5 cm³/mol. The lowest BCUT2D eigenvalue weighted by molar-refractivity contribution is 0.120. The number of benzene rings is 1. The molecular formula is C17H21ClN4O2. The van der Waals surface area contributed by atoms with Gasteiger partial charge in [-0.05, 0) is 37.5 Å². The van der Waals surface area contributed by atoms with Crippen LogP contribution in [0.3, 0.4) is 0 Å². The first-order chi connectivity index (χ1) is 11.7. The molecule has 1 unspecified atom stereocenters. The van der Waals surface area contributed by atoms with Crippen LogP contribution in [-0.2, 0) is 4.74 Å². The number of halogens is 1. The van der Waals surface area contributed by atoms with Gasteiger partial charge >= 0.3 is 0 Å². The Labute approximate surface area is 146 Å². The highest BCUT2D eigenvalue weighted by Crippen LogP contribution is 2.32. The quantitative estimate of drug-likeness (QED) is 0.828. The van der Waals surface area contributed by atoms with Gasteiger partial charge in [-0.1, -0.05) is 11.6 Å². The first-order valence-electron chi connectivity index (χ1n) is 7.95. The molecule has 7 heteroatoms. The van der Waals surface area contributed by atoms with Gasteiger partial charge in [0.05, 0.1) is 18.9 Å². The maximum atomic E-state index is 6.14. The summed E-state index contributed by atoms with van der Waals surface area (Å²) in [6.07, 6.45) is 4.14.